The minimum absolute atomic E-state index is 0.0117. The Labute approximate surface area is 195 Å². The molecule has 8 heteroatoms. The number of para-hydroxylation sites is 1. The molecule has 1 saturated heterocycles. The van der Waals surface area contributed by atoms with Crippen LogP contribution in [0.4, 0.5) is 0 Å². The van der Waals surface area contributed by atoms with E-state index >= 15 is 0 Å². The van der Waals surface area contributed by atoms with E-state index < -0.39 is 17.7 Å². The maximum atomic E-state index is 13.2. The van der Waals surface area contributed by atoms with Crippen molar-refractivity contribution in [1.82, 2.24) is 24.6 Å². The van der Waals surface area contributed by atoms with Crippen molar-refractivity contribution in [3.63, 3.8) is 0 Å². The molecule has 0 saturated carbocycles. The quantitative estimate of drug-likeness (QED) is 0.283. The van der Waals surface area contributed by atoms with Crippen LogP contribution in [0.5, 0.6) is 0 Å². The standard InChI is InChI=1S/C26H21N5O3/c1-17-21(15-29-31(17)20-9-3-2-4-10-20)24(32)22-23(19-8-6-12-28-14-19)30(26(34)25(22)33)16-18-7-5-11-27-13-18/h2-15,23,32H,16H2,1H3/t23-/m1/s1. The Hall–Kier alpha value is -4.59. The number of likely N-dealkylation sites (tertiary alicyclic amines) is 1. The van der Waals surface area contributed by atoms with Crippen molar-refractivity contribution in [3.8, 4) is 5.69 Å². The molecule has 4 aromatic rings. The average molecular weight is 451 g/mol. The maximum absolute atomic E-state index is 13.2. The summed E-state index contributed by atoms with van der Waals surface area (Å²) in [4.78, 5) is 36.1. The van der Waals surface area contributed by atoms with Gasteiger partial charge in [-0.05, 0) is 42.3 Å². The zero-order valence-corrected chi connectivity index (χ0v) is 18.4. The Balaban J connectivity index is 1.64. The predicted molar refractivity (Wildman–Crippen MR) is 125 cm³/mol. The highest BCUT2D eigenvalue weighted by atomic mass is 16.3. The van der Waals surface area contributed by atoms with Crippen LogP contribution in [-0.2, 0) is 16.1 Å². The number of pyridine rings is 2. The molecule has 8 nitrogen and oxygen atoms in total. The molecule has 1 aromatic carbocycles. The van der Waals surface area contributed by atoms with Gasteiger partial charge >= 0.3 is 0 Å². The number of nitrogens with zero attached hydrogens (tertiary/aromatic N) is 5. The molecule has 0 unspecified atom stereocenters. The topological polar surface area (TPSA) is 101 Å². The van der Waals surface area contributed by atoms with Crippen molar-refractivity contribution in [2.75, 3.05) is 0 Å². The molecule has 0 aliphatic carbocycles. The van der Waals surface area contributed by atoms with Crippen LogP contribution in [0.3, 0.4) is 0 Å². The van der Waals surface area contributed by atoms with Crippen molar-refractivity contribution >= 4 is 17.4 Å². The van der Waals surface area contributed by atoms with Crippen LogP contribution in [0.1, 0.15) is 28.4 Å². The number of aliphatic hydroxyl groups excluding tert-OH is 1. The van der Waals surface area contributed by atoms with Crippen LogP contribution in [0, 0.1) is 6.92 Å². The van der Waals surface area contributed by atoms with Crippen LogP contribution in [0.25, 0.3) is 11.4 Å². The third-order valence-corrected chi connectivity index (χ3v) is 5.88. The molecule has 0 radical (unpaired) electrons. The molecule has 0 spiro atoms. The maximum Gasteiger partial charge on any atom is 0.295 e. The highest BCUT2D eigenvalue weighted by Crippen LogP contribution is 2.40. The number of Topliss-reactive ketones (excluding diaryl/α,β-unsaturated/α-hetero) is 1. The summed E-state index contributed by atoms with van der Waals surface area (Å²) in [7, 11) is 0. The predicted octanol–water partition coefficient (Wildman–Crippen LogP) is 3.59. The number of hydrogen-bond acceptors (Lipinski definition) is 6. The molecular formula is C26H21N5O3. The minimum atomic E-state index is -0.798. The molecule has 0 bridgehead atoms. The Bertz CT molecular complexity index is 1380. The summed E-state index contributed by atoms with van der Waals surface area (Å²) >= 11 is 0. The van der Waals surface area contributed by atoms with E-state index in [-0.39, 0.29) is 17.9 Å². The second-order valence-electron chi connectivity index (χ2n) is 7.97. The van der Waals surface area contributed by atoms with Gasteiger partial charge in [0, 0.05) is 31.3 Å². The first kappa shape index (κ1) is 21.3. The number of benzene rings is 1. The lowest BCUT2D eigenvalue weighted by molar-refractivity contribution is -0.140. The second-order valence-corrected chi connectivity index (χ2v) is 7.97. The van der Waals surface area contributed by atoms with E-state index in [1.807, 2.05) is 36.4 Å². The summed E-state index contributed by atoms with van der Waals surface area (Å²) in [6.45, 7) is 1.97. The van der Waals surface area contributed by atoms with Gasteiger partial charge in [0.25, 0.3) is 11.7 Å². The van der Waals surface area contributed by atoms with Crippen LogP contribution in [0.15, 0.2) is 91.2 Å². The summed E-state index contributed by atoms with van der Waals surface area (Å²) in [5.41, 5.74) is 3.26. The van der Waals surface area contributed by atoms with Crippen LogP contribution in [-0.4, -0.2) is 41.4 Å². The van der Waals surface area contributed by atoms with E-state index in [0.717, 1.165) is 11.3 Å². The third kappa shape index (κ3) is 3.65. The lowest BCUT2D eigenvalue weighted by Crippen LogP contribution is -2.29. The molecule has 34 heavy (non-hydrogen) atoms. The number of aliphatic hydroxyl groups is 1. The Morgan fingerprint density at radius 3 is 2.35 bits per heavy atom. The molecule has 1 atom stereocenters. The second kappa shape index (κ2) is 8.74. The first-order chi connectivity index (χ1) is 16.6. The monoisotopic (exact) mass is 451 g/mol. The van der Waals surface area contributed by atoms with Gasteiger partial charge in [-0.2, -0.15) is 5.10 Å². The largest absolute Gasteiger partial charge is 0.507 e. The Morgan fingerprint density at radius 1 is 0.941 bits per heavy atom. The normalized spacial score (nSPS) is 17.3. The summed E-state index contributed by atoms with van der Waals surface area (Å²) in [5, 5.41) is 15.8. The fraction of sp³-hybridized carbons (Fsp3) is 0.115. The molecule has 4 heterocycles. The Morgan fingerprint density at radius 2 is 1.68 bits per heavy atom. The van der Waals surface area contributed by atoms with Crippen LogP contribution >= 0.6 is 0 Å². The number of hydrogen-bond donors (Lipinski definition) is 1. The van der Waals surface area contributed by atoms with Crippen molar-refractivity contribution in [3.05, 3.63) is 114 Å². The van der Waals surface area contributed by atoms with Gasteiger partial charge in [-0.3, -0.25) is 19.6 Å². The molecule has 1 N–H and O–H groups in total. The summed E-state index contributed by atoms with van der Waals surface area (Å²) in [6, 6.07) is 15.8. The van der Waals surface area contributed by atoms with E-state index in [4.69, 9.17) is 0 Å². The van der Waals surface area contributed by atoms with E-state index in [2.05, 4.69) is 15.1 Å². The molecule has 1 amide bonds. The van der Waals surface area contributed by atoms with E-state index in [1.54, 1.807) is 54.6 Å². The zero-order valence-electron chi connectivity index (χ0n) is 18.4. The smallest absolute Gasteiger partial charge is 0.295 e. The number of rotatable bonds is 5. The molecular weight excluding hydrogens is 430 g/mol. The lowest BCUT2D eigenvalue weighted by atomic mass is 9.96. The van der Waals surface area contributed by atoms with Gasteiger partial charge in [-0.25, -0.2) is 4.68 Å². The highest BCUT2D eigenvalue weighted by Gasteiger charge is 2.46. The number of carbonyl (C=O) groups is 2. The number of ketones is 1. The van der Waals surface area contributed by atoms with Gasteiger partial charge in [-0.15, -0.1) is 0 Å². The van der Waals surface area contributed by atoms with Crippen molar-refractivity contribution in [2.45, 2.75) is 19.5 Å². The van der Waals surface area contributed by atoms with Gasteiger partial charge in [0.1, 0.15) is 5.76 Å². The van der Waals surface area contributed by atoms with Crippen LogP contribution < -0.4 is 0 Å². The van der Waals surface area contributed by atoms with E-state index in [9.17, 15) is 14.7 Å². The van der Waals surface area contributed by atoms with Gasteiger partial charge in [0.05, 0.1) is 34.8 Å². The van der Waals surface area contributed by atoms with Gasteiger partial charge < -0.3 is 10.0 Å². The molecule has 3 aromatic heterocycles. The lowest BCUT2D eigenvalue weighted by Gasteiger charge is -2.25. The fourth-order valence-electron chi connectivity index (χ4n) is 4.23. The van der Waals surface area contributed by atoms with Crippen molar-refractivity contribution < 1.29 is 14.7 Å². The number of amides is 1. The summed E-state index contributed by atoms with van der Waals surface area (Å²) in [5.74, 6) is -1.70. The third-order valence-electron chi connectivity index (χ3n) is 5.88. The van der Waals surface area contributed by atoms with Crippen molar-refractivity contribution in [2.24, 2.45) is 0 Å². The van der Waals surface area contributed by atoms with Gasteiger partial charge in [0.15, 0.2) is 0 Å². The average Bonchev–Trinajstić information content (AvgIpc) is 3.38. The van der Waals surface area contributed by atoms with Gasteiger partial charge in [0.2, 0.25) is 0 Å². The van der Waals surface area contributed by atoms with E-state index in [0.29, 0.717) is 16.8 Å². The minimum Gasteiger partial charge on any atom is -0.507 e. The van der Waals surface area contributed by atoms with Crippen molar-refractivity contribution in [1.29, 1.82) is 0 Å². The molecule has 1 fully saturated rings. The highest BCUT2D eigenvalue weighted by molar-refractivity contribution is 6.46. The van der Waals surface area contributed by atoms with Gasteiger partial charge in [-0.1, -0.05) is 30.3 Å². The first-order valence-electron chi connectivity index (χ1n) is 10.7. The van der Waals surface area contributed by atoms with E-state index in [1.165, 1.54) is 11.1 Å². The number of aromatic nitrogens is 4. The number of carbonyl (C=O) groups excluding carboxylic acids is 2. The molecule has 5 rings (SSSR count). The summed E-state index contributed by atoms with van der Waals surface area (Å²) < 4.78 is 1.68. The van der Waals surface area contributed by atoms with Crippen LogP contribution in [0.2, 0.25) is 0 Å². The summed E-state index contributed by atoms with van der Waals surface area (Å²) in [6.07, 6.45) is 8.01. The fourth-order valence-corrected chi connectivity index (χ4v) is 4.23. The molecule has 1 aliphatic heterocycles. The zero-order chi connectivity index (χ0) is 23.7. The SMILES string of the molecule is Cc1c(C(O)=C2C(=O)C(=O)N(Cc3cccnc3)[C@@H]2c2cccnc2)cnn1-c1ccccc1. The molecule has 168 valence electrons. The molecule has 1 aliphatic rings. The Kier molecular flexibility index (Phi) is 5.47. The first-order valence-corrected chi connectivity index (χ1v) is 10.7.